The number of nitrogens with one attached hydrogen (secondary N) is 1. The zero-order chi connectivity index (χ0) is 19.7. The van der Waals surface area contributed by atoms with Crippen LogP contribution < -0.4 is 10.2 Å². The van der Waals surface area contributed by atoms with Crippen LogP contribution in [0.1, 0.15) is 11.3 Å². The molecule has 0 aliphatic carbocycles. The van der Waals surface area contributed by atoms with Crippen molar-refractivity contribution in [2.75, 3.05) is 4.90 Å². The lowest BCUT2D eigenvalue weighted by molar-refractivity contribution is -0.122. The first-order chi connectivity index (χ1) is 13.6. The largest absolute Gasteiger partial charge is 0.335 e. The number of aromatic nitrogens is 1. The fourth-order valence-corrected chi connectivity index (χ4v) is 3.17. The van der Waals surface area contributed by atoms with Gasteiger partial charge in [-0.1, -0.05) is 36.4 Å². The van der Waals surface area contributed by atoms with Crippen molar-refractivity contribution in [3.05, 3.63) is 89.8 Å². The summed E-state index contributed by atoms with van der Waals surface area (Å²) in [5, 5.41) is 2.26. The molecule has 2 heterocycles. The van der Waals surface area contributed by atoms with E-state index in [-0.39, 0.29) is 5.57 Å². The molecule has 6 nitrogen and oxygen atoms in total. The second kappa shape index (κ2) is 7.00. The number of amides is 4. The van der Waals surface area contributed by atoms with Crippen LogP contribution in [0.15, 0.2) is 78.5 Å². The van der Waals surface area contributed by atoms with Gasteiger partial charge >= 0.3 is 6.03 Å². The van der Waals surface area contributed by atoms with E-state index in [1.165, 1.54) is 6.08 Å². The summed E-state index contributed by atoms with van der Waals surface area (Å²) in [7, 11) is 0. The van der Waals surface area contributed by atoms with Gasteiger partial charge < -0.3 is 4.57 Å². The molecule has 1 aliphatic heterocycles. The topological polar surface area (TPSA) is 71.4 Å². The van der Waals surface area contributed by atoms with Gasteiger partial charge in [0.2, 0.25) is 0 Å². The summed E-state index contributed by atoms with van der Waals surface area (Å²) in [6, 6.07) is 19.5. The third-order valence-corrected chi connectivity index (χ3v) is 4.56. The Morgan fingerprint density at radius 2 is 1.57 bits per heavy atom. The zero-order valence-corrected chi connectivity index (χ0v) is 15.1. The Morgan fingerprint density at radius 3 is 2.32 bits per heavy atom. The van der Waals surface area contributed by atoms with Crippen molar-refractivity contribution in [2.24, 2.45) is 0 Å². The smallest absolute Gasteiger partial charge is 0.317 e. The van der Waals surface area contributed by atoms with Crippen LogP contribution in [0.3, 0.4) is 0 Å². The summed E-state index contributed by atoms with van der Waals surface area (Å²) < 4.78 is 1.86. The number of imide groups is 2. The molecule has 4 rings (SSSR count). The number of nitrogens with zero attached hydrogens (tertiary/aromatic N) is 2. The summed E-state index contributed by atoms with van der Waals surface area (Å²) >= 11 is 0. The summed E-state index contributed by atoms with van der Waals surface area (Å²) in [4.78, 5) is 38.8. The number of carbonyl (C=O) groups is 3. The van der Waals surface area contributed by atoms with E-state index in [0.29, 0.717) is 11.4 Å². The monoisotopic (exact) mass is 371 g/mol. The van der Waals surface area contributed by atoms with Crippen LogP contribution in [0.25, 0.3) is 11.8 Å². The molecule has 1 aliphatic rings. The van der Waals surface area contributed by atoms with E-state index in [0.717, 1.165) is 16.2 Å². The fraction of sp³-hybridized carbons (Fsp3) is 0.0455. The maximum Gasteiger partial charge on any atom is 0.335 e. The van der Waals surface area contributed by atoms with Crippen molar-refractivity contribution in [2.45, 2.75) is 6.92 Å². The standard InChI is InChI=1S/C22H17N3O3/c1-15-8-5-6-12-19(15)25-21(27)18(20(26)23-22(25)28)14-17-11-7-13-24(17)16-9-3-2-4-10-16/h2-14H,1H3,(H,23,26,28). The lowest BCUT2D eigenvalue weighted by Crippen LogP contribution is -2.54. The number of barbiturate groups is 1. The summed E-state index contributed by atoms with van der Waals surface area (Å²) in [6.07, 6.45) is 3.35. The van der Waals surface area contributed by atoms with Crippen molar-refractivity contribution in [1.82, 2.24) is 9.88 Å². The lowest BCUT2D eigenvalue weighted by atomic mass is 10.1. The molecule has 6 heteroatoms. The van der Waals surface area contributed by atoms with E-state index >= 15 is 0 Å². The third kappa shape index (κ3) is 3.01. The molecule has 4 amide bonds. The summed E-state index contributed by atoms with van der Waals surface area (Å²) in [6.45, 7) is 1.80. The molecule has 0 bridgehead atoms. The Bertz CT molecular complexity index is 1110. The predicted octanol–water partition coefficient (Wildman–Crippen LogP) is 3.45. The lowest BCUT2D eigenvalue weighted by Gasteiger charge is -2.27. The van der Waals surface area contributed by atoms with Gasteiger partial charge in [0, 0.05) is 17.6 Å². The number of anilines is 1. The van der Waals surface area contributed by atoms with Crippen LogP contribution in [0.5, 0.6) is 0 Å². The van der Waals surface area contributed by atoms with E-state index < -0.39 is 17.8 Å². The Hall–Kier alpha value is -3.93. The minimum Gasteiger partial charge on any atom is -0.317 e. The van der Waals surface area contributed by atoms with Crippen LogP contribution in [0.4, 0.5) is 10.5 Å². The average Bonchev–Trinajstić information content (AvgIpc) is 3.15. The number of aryl methyl sites for hydroxylation is 1. The molecule has 0 radical (unpaired) electrons. The van der Waals surface area contributed by atoms with Gasteiger partial charge in [-0.3, -0.25) is 14.9 Å². The molecule has 28 heavy (non-hydrogen) atoms. The number of hydrogen-bond acceptors (Lipinski definition) is 3. The molecule has 3 aromatic rings. The highest BCUT2D eigenvalue weighted by atomic mass is 16.2. The van der Waals surface area contributed by atoms with Gasteiger partial charge in [-0.2, -0.15) is 0 Å². The van der Waals surface area contributed by atoms with Crippen molar-refractivity contribution in [1.29, 1.82) is 0 Å². The van der Waals surface area contributed by atoms with Crippen molar-refractivity contribution < 1.29 is 14.4 Å². The van der Waals surface area contributed by atoms with Crippen LogP contribution >= 0.6 is 0 Å². The zero-order valence-electron chi connectivity index (χ0n) is 15.1. The Morgan fingerprint density at radius 1 is 0.857 bits per heavy atom. The van der Waals surface area contributed by atoms with E-state index in [1.807, 2.05) is 53.2 Å². The van der Waals surface area contributed by atoms with Crippen LogP contribution in [-0.2, 0) is 9.59 Å². The molecular weight excluding hydrogens is 354 g/mol. The minimum absolute atomic E-state index is 0.0984. The second-order valence-corrected chi connectivity index (χ2v) is 6.38. The van der Waals surface area contributed by atoms with Crippen LogP contribution in [0, 0.1) is 6.92 Å². The van der Waals surface area contributed by atoms with Gasteiger partial charge in [0.25, 0.3) is 11.8 Å². The van der Waals surface area contributed by atoms with E-state index in [2.05, 4.69) is 5.32 Å². The first-order valence-corrected chi connectivity index (χ1v) is 8.76. The van der Waals surface area contributed by atoms with Gasteiger partial charge in [-0.15, -0.1) is 0 Å². The van der Waals surface area contributed by atoms with E-state index in [9.17, 15) is 14.4 Å². The van der Waals surface area contributed by atoms with E-state index in [1.54, 1.807) is 31.2 Å². The van der Waals surface area contributed by atoms with Crippen LogP contribution in [-0.4, -0.2) is 22.4 Å². The van der Waals surface area contributed by atoms with Gasteiger partial charge in [-0.25, -0.2) is 9.69 Å². The highest BCUT2D eigenvalue weighted by Gasteiger charge is 2.37. The highest BCUT2D eigenvalue weighted by molar-refractivity contribution is 6.39. The molecule has 0 atom stereocenters. The first-order valence-electron chi connectivity index (χ1n) is 8.76. The maximum atomic E-state index is 13.0. The second-order valence-electron chi connectivity index (χ2n) is 6.38. The van der Waals surface area contributed by atoms with Gasteiger partial charge in [0.15, 0.2) is 0 Å². The Balaban J connectivity index is 1.77. The Labute approximate surface area is 161 Å². The number of para-hydroxylation sites is 2. The number of carbonyl (C=O) groups excluding carboxylic acids is 3. The number of benzene rings is 2. The maximum absolute atomic E-state index is 13.0. The molecular formula is C22H17N3O3. The number of rotatable bonds is 3. The van der Waals surface area contributed by atoms with Gasteiger partial charge in [0.1, 0.15) is 5.57 Å². The van der Waals surface area contributed by atoms with Gasteiger partial charge in [-0.05, 0) is 48.9 Å². The normalized spacial score (nSPS) is 15.8. The van der Waals surface area contributed by atoms with E-state index in [4.69, 9.17) is 0 Å². The van der Waals surface area contributed by atoms with Crippen LogP contribution in [0.2, 0.25) is 0 Å². The quantitative estimate of drug-likeness (QED) is 0.566. The van der Waals surface area contributed by atoms with Crippen molar-refractivity contribution in [3.63, 3.8) is 0 Å². The molecule has 0 saturated carbocycles. The Kier molecular flexibility index (Phi) is 4.37. The van der Waals surface area contributed by atoms with Crippen molar-refractivity contribution >= 4 is 29.6 Å². The SMILES string of the molecule is Cc1ccccc1N1C(=O)NC(=O)C(=Cc2cccn2-c2ccccc2)C1=O. The predicted molar refractivity (Wildman–Crippen MR) is 106 cm³/mol. The number of hydrogen-bond donors (Lipinski definition) is 1. The molecule has 1 saturated heterocycles. The molecule has 0 unspecified atom stereocenters. The molecule has 2 aromatic carbocycles. The first kappa shape index (κ1) is 17.5. The fourth-order valence-electron chi connectivity index (χ4n) is 3.17. The molecule has 1 fully saturated rings. The summed E-state index contributed by atoms with van der Waals surface area (Å²) in [5.74, 6) is -1.36. The molecule has 1 N–H and O–H groups in total. The summed E-state index contributed by atoms with van der Waals surface area (Å²) in [5.41, 5.74) is 2.66. The molecule has 0 spiro atoms. The average molecular weight is 371 g/mol. The number of urea groups is 1. The minimum atomic E-state index is -0.750. The highest BCUT2D eigenvalue weighted by Crippen LogP contribution is 2.25. The van der Waals surface area contributed by atoms with Crippen molar-refractivity contribution in [3.8, 4) is 5.69 Å². The third-order valence-electron chi connectivity index (χ3n) is 4.56. The van der Waals surface area contributed by atoms with Gasteiger partial charge in [0.05, 0.1) is 5.69 Å². The molecule has 138 valence electrons. The molecule has 1 aromatic heterocycles.